The van der Waals surface area contributed by atoms with Crippen molar-refractivity contribution >= 4 is 22.7 Å². The molecule has 2 aromatic rings. The molecule has 0 atom stereocenters. The van der Waals surface area contributed by atoms with Crippen molar-refractivity contribution in [2.75, 3.05) is 32.2 Å². The number of ether oxygens (including phenoxy) is 2. The third-order valence-corrected chi connectivity index (χ3v) is 3.70. The first-order valence-corrected chi connectivity index (χ1v) is 7.00. The highest BCUT2D eigenvalue weighted by atomic mass is 16.5. The van der Waals surface area contributed by atoms with Crippen LogP contribution in [-0.2, 0) is 0 Å². The Hall–Kier alpha value is -2.73. The van der Waals surface area contributed by atoms with E-state index in [4.69, 9.17) is 15.0 Å². The van der Waals surface area contributed by atoms with Crippen LogP contribution >= 0.6 is 0 Å². The van der Waals surface area contributed by atoms with Gasteiger partial charge in [0.15, 0.2) is 11.5 Å². The third-order valence-electron chi connectivity index (χ3n) is 3.70. The summed E-state index contributed by atoms with van der Waals surface area (Å²) in [6, 6.07) is 3.50. The molecule has 8 nitrogen and oxygen atoms in total. The highest BCUT2D eigenvalue weighted by molar-refractivity contribution is 5.91. The molecule has 8 heteroatoms. The fourth-order valence-electron chi connectivity index (χ4n) is 2.60. The predicted molar refractivity (Wildman–Crippen MR) is 82.9 cm³/mol. The van der Waals surface area contributed by atoms with E-state index in [-0.39, 0.29) is 0 Å². The van der Waals surface area contributed by atoms with Crippen LogP contribution in [0, 0.1) is 0 Å². The highest BCUT2D eigenvalue weighted by Crippen LogP contribution is 2.36. The van der Waals surface area contributed by atoms with Gasteiger partial charge in [0.1, 0.15) is 5.82 Å². The Morgan fingerprint density at radius 1 is 1.14 bits per heavy atom. The standard InChI is InChI=1S/C14H16N6O2/c1-21-11-7-9-10(8-12(11)22-2)16-14(17-13(9)18-19-15)20-5-3-4-6-20/h7-8H,3-6H2,1-2H3. The molecule has 1 aliphatic heterocycles. The van der Waals surface area contributed by atoms with Gasteiger partial charge in [0, 0.05) is 29.5 Å². The number of hydrogen-bond acceptors (Lipinski definition) is 6. The molecule has 114 valence electrons. The average molecular weight is 300 g/mol. The minimum atomic E-state index is 0.301. The van der Waals surface area contributed by atoms with Crippen molar-refractivity contribution < 1.29 is 9.47 Å². The second-order valence-electron chi connectivity index (χ2n) is 4.96. The number of azide groups is 1. The van der Waals surface area contributed by atoms with Crippen LogP contribution < -0.4 is 14.4 Å². The number of anilines is 1. The summed E-state index contributed by atoms with van der Waals surface area (Å²) in [7, 11) is 3.12. The van der Waals surface area contributed by atoms with Crippen LogP contribution in [0.25, 0.3) is 21.3 Å². The summed E-state index contributed by atoms with van der Waals surface area (Å²) in [5.74, 6) is 2.00. The SMILES string of the molecule is COc1cc2nc(N3CCCC3)nc(N=[N+]=[N-])c2cc1OC. The maximum absolute atomic E-state index is 8.79. The van der Waals surface area contributed by atoms with Crippen LogP contribution in [0.3, 0.4) is 0 Å². The molecule has 1 saturated heterocycles. The van der Waals surface area contributed by atoms with E-state index in [1.165, 1.54) is 0 Å². The fourth-order valence-corrected chi connectivity index (χ4v) is 2.60. The molecule has 0 spiro atoms. The van der Waals surface area contributed by atoms with E-state index in [1.807, 2.05) is 0 Å². The van der Waals surface area contributed by atoms with Crippen molar-refractivity contribution in [3.05, 3.63) is 22.6 Å². The quantitative estimate of drug-likeness (QED) is 0.490. The van der Waals surface area contributed by atoms with Gasteiger partial charge < -0.3 is 14.4 Å². The Labute approximate surface area is 127 Å². The van der Waals surface area contributed by atoms with Crippen molar-refractivity contribution in [3.63, 3.8) is 0 Å². The van der Waals surface area contributed by atoms with E-state index >= 15 is 0 Å². The van der Waals surface area contributed by atoms with Crippen molar-refractivity contribution in [1.29, 1.82) is 0 Å². The normalized spacial score (nSPS) is 14.0. The van der Waals surface area contributed by atoms with Gasteiger partial charge >= 0.3 is 0 Å². The Kier molecular flexibility index (Phi) is 3.84. The molecular formula is C14H16N6O2. The second kappa shape index (κ2) is 5.95. The first kappa shape index (κ1) is 14.2. The van der Waals surface area contributed by atoms with Gasteiger partial charge in [0.05, 0.1) is 19.7 Å². The molecule has 2 heterocycles. The van der Waals surface area contributed by atoms with Crippen LogP contribution in [0.1, 0.15) is 12.8 Å². The molecular weight excluding hydrogens is 284 g/mol. The van der Waals surface area contributed by atoms with Crippen LogP contribution in [0.2, 0.25) is 0 Å². The Bertz CT molecular complexity index is 751. The van der Waals surface area contributed by atoms with Crippen molar-refractivity contribution in [3.8, 4) is 11.5 Å². The van der Waals surface area contributed by atoms with Gasteiger partial charge in [-0.05, 0) is 29.6 Å². The summed E-state index contributed by atoms with van der Waals surface area (Å²) in [5.41, 5.74) is 9.45. The molecule has 22 heavy (non-hydrogen) atoms. The van der Waals surface area contributed by atoms with Crippen LogP contribution in [-0.4, -0.2) is 37.3 Å². The van der Waals surface area contributed by atoms with E-state index in [0.717, 1.165) is 25.9 Å². The minimum Gasteiger partial charge on any atom is -0.493 e. The van der Waals surface area contributed by atoms with Crippen molar-refractivity contribution in [2.24, 2.45) is 5.11 Å². The maximum atomic E-state index is 8.79. The summed E-state index contributed by atoms with van der Waals surface area (Å²) >= 11 is 0. The van der Waals surface area contributed by atoms with E-state index in [0.29, 0.717) is 34.2 Å². The molecule has 3 rings (SSSR count). The lowest BCUT2D eigenvalue weighted by atomic mass is 10.2. The van der Waals surface area contributed by atoms with Crippen molar-refractivity contribution in [1.82, 2.24) is 9.97 Å². The number of methoxy groups -OCH3 is 2. The summed E-state index contributed by atoms with van der Waals surface area (Å²) in [4.78, 5) is 13.9. The molecule has 1 fully saturated rings. The van der Waals surface area contributed by atoms with Gasteiger partial charge in [-0.2, -0.15) is 0 Å². The van der Waals surface area contributed by atoms with Crippen LogP contribution in [0.4, 0.5) is 11.8 Å². The van der Waals surface area contributed by atoms with E-state index < -0.39 is 0 Å². The molecule has 1 aliphatic rings. The molecule has 0 saturated carbocycles. The third kappa shape index (κ3) is 2.44. The molecule has 0 amide bonds. The monoisotopic (exact) mass is 300 g/mol. The summed E-state index contributed by atoms with van der Waals surface area (Å²) < 4.78 is 10.6. The van der Waals surface area contributed by atoms with Gasteiger partial charge in [-0.25, -0.2) is 9.97 Å². The van der Waals surface area contributed by atoms with E-state index in [1.54, 1.807) is 26.4 Å². The predicted octanol–water partition coefficient (Wildman–Crippen LogP) is 3.19. The Morgan fingerprint density at radius 3 is 2.45 bits per heavy atom. The van der Waals surface area contributed by atoms with Gasteiger partial charge in [-0.15, -0.1) is 0 Å². The highest BCUT2D eigenvalue weighted by Gasteiger charge is 2.18. The zero-order chi connectivity index (χ0) is 15.5. The number of hydrogen-bond donors (Lipinski definition) is 0. The number of aromatic nitrogens is 2. The molecule has 0 N–H and O–H groups in total. The second-order valence-corrected chi connectivity index (χ2v) is 4.96. The Balaban J connectivity index is 2.23. The number of nitrogens with zero attached hydrogens (tertiary/aromatic N) is 6. The summed E-state index contributed by atoms with van der Waals surface area (Å²) in [6.45, 7) is 1.82. The number of rotatable bonds is 4. The lowest BCUT2D eigenvalue weighted by Gasteiger charge is -2.17. The summed E-state index contributed by atoms with van der Waals surface area (Å²) in [6.07, 6.45) is 2.23. The average Bonchev–Trinajstić information content (AvgIpc) is 3.08. The molecule has 1 aromatic heterocycles. The van der Waals surface area contributed by atoms with E-state index in [9.17, 15) is 0 Å². The lowest BCUT2D eigenvalue weighted by molar-refractivity contribution is 0.356. The molecule has 1 aromatic carbocycles. The number of benzene rings is 1. The van der Waals surface area contributed by atoms with Crippen LogP contribution in [0.15, 0.2) is 17.2 Å². The molecule has 0 aliphatic carbocycles. The molecule has 0 radical (unpaired) electrons. The Morgan fingerprint density at radius 2 is 1.82 bits per heavy atom. The largest absolute Gasteiger partial charge is 0.493 e. The lowest BCUT2D eigenvalue weighted by Crippen LogP contribution is -2.20. The van der Waals surface area contributed by atoms with E-state index in [2.05, 4.69) is 24.9 Å². The van der Waals surface area contributed by atoms with Gasteiger partial charge in [0.2, 0.25) is 5.95 Å². The fraction of sp³-hybridized carbons (Fsp3) is 0.429. The first-order chi connectivity index (χ1) is 10.8. The zero-order valence-electron chi connectivity index (χ0n) is 12.5. The van der Waals surface area contributed by atoms with Gasteiger partial charge in [-0.1, -0.05) is 0 Å². The molecule has 0 bridgehead atoms. The minimum absolute atomic E-state index is 0.301. The number of fused-ring (bicyclic) bond motifs is 1. The van der Waals surface area contributed by atoms with Crippen molar-refractivity contribution in [2.45, 2.75) is 12.8 Å². The molecule has 0 unspecified atom stereocenters. The maximum Gasteiger partial charge on any atom is 0.226 e. The van der Waals surface area contributed by atoms with Gasteiger partial charge in [0.25, 0.3) is 0 Å². The summed E-state index contributed by atoms with van der Waals surface area (Å²) in [5, 5.41) is 4.34. The topological polar surface area (TPSA) is 96.2 Å². The smallest absolute Gasteiger partial charge is 0.226 e. The van der Waals surface area contributed by atoms with Gasteiger partial charge in [-0.3, -0.25) is 0 Å². The zero-order valence-corrected chi connectivity index (χ0v) is 12.5. The first-order valence-electron chi connectivity index (χ1n) is 7.00. The van der Waals surface area contributed by atoms with Crippen LogP contribution in [0.5, 0.6) is 11.5 Å².